The summed E-state index contributed by atoms with van der Waals surface area (Å²) in [5, 5.41) is 7.01. The van der Waals surface area contributed by atoms with Gasteiger partial charge >= 0.3 is 12.1 Å². The molecule has 1 amide bonds. The van der Waals surface area contributed by atoms with E-state index in [4.69, 9.17) is 9.57 Å². The van der Waals surface area contributed by atoms with Gasteiger partial charge in [-0.1, -0.05) is 18.2 Å². The van der Waals surface area contributed by atoms with Gasteiger partial charge in [0.25, 0.3) is 5.91 Å². The average Bonchev–Trinajstić information content (AvgIpc) is 2.68. The summed E-state index contributed by atoms with van der Waals surface area (Å²) in [6.07, 6.45) is -1.15. The molecule has 0 bridgehead atoms. The van der Waals surface area contributed by atoms with Gasteiger partial charge in [-0.05, 0) is 49.4 Å². The maximum atomic E-state index is 13.2. The van der Waals surface area contributed by atoms with Crippen molar-refractivity contribution < 1.29 is 32.3 Å². The van der Waals surface area contributed by atoms with Crippen LogP contribution in [0.2, 0.25) is 0 Å². The first-order valence-corrected chi connectivity index (χ1v) is 10.1. The molecule has 6 nitrogen and oxygen atoms in total. The molecule has 3 rings (SSSR count). The predicted molar refractivity (Wildman–Crippen MR) is 108 cm³/mol. The molecule has 1 aliphatic heterocycles. The number of cyclic esters (lactones) is 1. The van der Waals surface area contributed by atoms with Gasteiger partial charge in [0.1, 0.15) is 7.11 Å². The summed E-state index contributed by atoms with van der Waals surface area (Å²) in [6.45, 7) is 4.06. The number of nitrogens with zero attached hydrogens (tertiary/aromatic N) is 1. The normalized spacial score (nSPS) is 21.5. The molecule has 168 valence electrons. The van der Waals surface area contributed by atoms with Crippen molar-refractivity contribution in [3.8, 4) is 0 Å². The Bertz CT molecular complexity index is 905. The van der Waals surface area contributed by atoms with Crippen LogP contribution in [0.15, 0.2) is 35.5 Å². The molecular weight excluding hydrogens is 413 g/mol. The number of benzene rings is 1. The van der Waals surface area contributed by atoms with Gasteiger partial charge in [0.2, 0.25) is 0 Å². The van der Waals surface area contributed by atoms with Crippen molar-refractivity contribution in [3.05, 3.63) is 47.0 Å². The lowest BCUT2D eigenvalue weighted by Gasteiger charge is -2.42. The highest BCUT2D eigenvalue weighted by molar-refractivity contribution is 5.98. The van der Waals surface area contributed by atoms with Crippen molar-refractivity contribution in [2.45, 2.75) is 44.7 Å². The van der Waals surface area contributed by atoms with Crippen molar-refractivity contribution >= 4 is 17.6 Å². The summed E-state index contributed by atoms with van der Waals surface area (Å²) < 4.78 is 44.8. The number of ether oxygens (including phenoxy) is 1. The zero-order valence-electron chi connectivity index (χ0n) is 17.3. The van der Waals surface area contributed by atoms with E-state index in [2.05, 4.69) is 17.1 Å². The second-order valence-corrected chi connectivity index (χ2v) is 7.93. The number of carbonyl (C=O) groups excluding carboxylic acids is 2. The monoisotopic (exact) mass is 438 g/mol. The van der Waals surface area contributed by atoms with Gasteiger partial charge in [0.05, 0.1) is 17.9 Å². The zero-order chi connectivity index (χ0) is 22.6. The topological polar surface area (TPSA) is 77.0 Å². The van der Waals surface area contributed by atoms with E-state index in [9.17, 15) is 22.8 Å². The first-order valence-electron chi connectivity index (χ1n) is 10.1. The van der Waals surface area contributed by atoms with Gasteiger partial charge < -0.3 is 14.9 Å². The highest BCUT2D eigenvalue weighted by atomic mass is 19.4. The van der Waals surface area contributed by atoms with E-state index in [0.29, 0.717) is 19.4 Å². The number of rotatable bonds is 1. The molecule has 1 spiro atoms. The fourth-order valence-electron chi connectivity index (χ4n) is 3.98. The van der Waals surface area contributed by atoms with Crippen LogP contribution in [0.1, 0.15) is 53.6 Å². The summed E-state index contributed by atoms with van der Waals surface area (Å²) in [5.74, 6) is -1.21. The van der Waals surface area contributed by atoms with Crippen molar-refractivity contribution in [1.29, 1.82) is 0 Å². The highest BCUT2D eigenvalue weighted by Crippen LogP contribution is 2.43. The number of hydrogen-bond acceptors (Lipinski definition) is 5. The van der Waals surface area contributed by atoms with Gasteiger partial charge in [0.15, 0.2) is 0 Å². The van der Waals surface area contributed by atoms with Crippen molar-refractivity contribution in [1.82, 2.24) is 5.32 Å². The standard InChI is InChI=1S/C22H25F3N2O4/c1-14-11-15-12-16(22(23,24)25)6-7-17(15)19(28)26-13-21(8-4-9-21)18(27-30-2)5-3-10-31-20(14)29/h6-7,12H,1,3-5,8-11,13H2,2H3,(H,26,28)/b27-18+. The van der Waals surface area contributed by atoms with Gasteiger partial charge in [-0.3, -0.25) is 4.79 Å². The van der Waals surface area contributed by atoms with Crippen LogP contribution in [0.5, 0.6) is 0 Å². The Balaban J connectivity index is 1.97. The second-order valence-electron chi connectivity index (χ2n) is 7.93. The summed E-state index contributed by atoms with van der Waals surface area (Å²) in [5.41, 5.74) is -0.368. The van der Waals surface area contributed by atoms with Crippen LogP contribution in [0.3, 0.4) is 0 Å². The molecule has 1 aromatic rings. The maximum absolute atomic E-state index is 13.2. The Morgan fingerprint density at radius 3 is 2.58 bits per heavy atom. The molecular formula is C22H25F3N2O4. The molecule has 0 atom stereocenters. The predicted octanol–water partition coefficient (Wildman–Crippen LogP) is 4.04. The Labute approximate surface area is 178 Å². The molecule has 1 heterocycles. The quantitative estimate of drug-likeness (QED) is 0.408. The molecule has 1 N–H and O–H groups in total. The van der Waals surface area contributed by atoms with Gasteiger partial charge in [-0.15, -0.1) is 0 Å². The summed E-state index contributed by atoms with van der Waals surface area (Å²) in [4.78, 5) is 30.2. The van der Waals surface area contributed by atoms with E-state index in [0.717, 1.165) is 43.2 Å². The molecule has 9 heteroatoms. The Kier molecular flexibility index (Phi) is 6.71. The highest BCUT2D eigenvalue weighted by Gasteiger charge is 2.42. The second kappa shape index (κ2) is 9.11. The minimum Gasteiger partial charge on any atom is -0.462 e. The number of carbonyl (C=O) groups is 2. The van der Waals surface area contributed by atoms with Crippen LogP contribution in [-0.2, 0) is 27.0 Å². The van der Waals surface area contributed by atoms with Gasteiger partial charge in [0, 0.05) is 29.5 Å². The first kappa shape index (κ1) is 22.8. The lowest BCUT2D eigenvalue weighted by atomic mass is 9.64. The number of esters is 1. The number of fused-ring (bicyclic) bond motifs is 1. The van der Waals surface area contributed by atoms with Gasteiger partial charge in [-0.25, -0.2) is 4.79 Å². The number of alkyl halides is 3. The number of nitrogens with one attached hydrogen (secondary N) is 1. The number of hydrogen-bond donors (Lipinski definition) is 1. The van der Waals surface area contributed by atoms with E-state index in [1.807, 2.05) is 0 Å². The molecule has 1 fully saturated rings. The molecule has 1 saturated carbocycles. The third-order valence-corrected chi connectivity index (χ3v) is 5.87. The van der Waals surface area contributed by atoms with E-state index < -0.39 is 23.6 Å². The largest absolute Gasteiger partial charge is 0.462 e. The Morgan fingerprint density at radius 2 is 1.97 bits per heavy atom. The number of halogens is 3. The minimum absolute atomic E-state index is 0.0216. The fourth-order valence-corrected chi connectivity index (χ4v) is 3.98. The zero-order valence-corrected chi connectivity index (χ0v) is 17.3. The molecule has 0 radical (unpaired) electrons. The van der Waals surface area contributed by atoms with E-state index >= 15 is 0 Å². The van der Waals surface area contributed by atoms with Crippen LogP contribution >= 0.6 is 0 Å². The van der Waals surface area contributed by atoms with Crippen molar-refractivity contribution in [3.63, 3.8) is 0 Å². The lowest BCUT2D eigenvalue weighted by molar-refractivity contribution is -0.139. The number of amides is 1. The third kappa shape index (κ3) is 5.08. The Morgan fingerprint density at radius 1 is 1.23 bits per heavy atom. The Hall–Kier alpha value is -2.84. The van der Waals surface area contributed by atoms with Crippen molar-refractivity contribution in [2.24, 2.45) is 10.6 Å². The molecule has 1 aliphatic carbocycles. The fraction of sp³-hybridized carbons (Fsp3) is 0.500. The summed E-state index contributed by atoms with van der Waals surface area (Å²) in [6, 6.07) is 2.88. The molecule has 0 aromatic heterocycles. The molecule has 0 saturated heterocycles. The summed E-state index contributed by atoms with van der Waals surface area (Å²) in [7, 11) is 1.45. The SMILES string of the molecule is C=C1Cc2cc(C(F)(F)F)ccc2C(=O)NCC2(CCC2)/C(=N/OC)CCCOC1=O. The summed E-state index contributed by atoms with van der Waals surface area (Å²) >= 11 is 0. The smallest absolute Gasteiger partial charge is 0.416 e. The van der Waals surface area contributed by atoms with Crippen LogP contribution in [0, 0.1) is 5.41 Å². The van der Waals surface area contributed by atoms with Gasteiger partial charge in [-0.2, -0.15) is 13.2 Å². The van der Waals surface area contributed by atoms with Crippen molar-refractivity contribution in [2.75, 3.05) is 20.3 Å². The molecule has 0 unspecified atom stereocenters. The van der Waals surface area contributed by atoms with E-state index in [-0.39, 0.29) is 35.1 Å². The lowest BCUT2D eigenvalue weighted by Crippen LogP contribution is -2.48. The van der Waals surface area contributed by atoms with E-state index in [1.54, 1.807) is 0 Å². The maximum Gasteiger partial charge on any atom is 0.416 e. The number of oxime groups is 1. The van der Waals surface area contributed by atoms with Crippen LogP contribution in [-0.4, -0.2) is 37.8 Å². The van der Waals surface area contributed by atoms with E-state index in [1.165, 1.54) is 7.11 Å². The molecule has 31 heavy (non-hydrogen) atoms. The minimum atomic E-state index is -4.58. The third-order valence-electron chi connectivity index (χ3n) is 5.87. The van der Waals surface area contributed by atoms with Crippen LogP contribution in [0.25, 0.3) is 0 Å². The van der Waals surface area contributed by atoms with Crippen LogP contribution < -0.4 is 5.32 Å². The molecule has 2 aliphatic rings. The van der Waals surface area contributed by atoms with Crippen LogP contribution in [0.4, 0.5) is 13.2 Å². The average molecular weight is 438 g/mol. The molecule has 1 aromatic carbocycles. The first-order chi connectivity index (χ1) is 14.7.